The summed E-state index contributed by atoms with van der Waals surface area (Å²) in [5, 5.41) is 9.43. The lowest BCUT2D eigenvalue weighted by atomic mass is 9.79. The maximum Gasteiger partial charge on any atom is 0.312 e. The van der Waals surface area contributed by atoms with E-state index >= 15 is 0 Å². The second-order valence-corrected chi connectivity index (χ2v) is 5.69. The molecule has 19 heavy (non-hydrogen) atoms. The topological polar surface area (TPSA) is 55.8 Å². The number of benzene rings is 1. The van der Waals surface area contributed by atoms with Gasteiger partial charge in [-0.25, -0.2) is 0 Å². The number of hydrogen-bond donors (Lipinski definition) is 1. The molecule has 2 rings (SSSR count). The number of aliphatic carboxylic acids is 1. The molecule has 2 atom stereocenters. The first-order chi connectivity index (χ1) is 9.04. The van der Waals surface area contributed by atoms with Crippen LogP contribution in [0.25, 0.3) is 0 Å². The maximum atomic E-state index is 11.5. The van der Waals surface area contributed by atoms with Gasteiger partial charge in [-0.05, 0) is 37.6 Å². The number of hydrogen-bond acceptors (Lipinski definition) is 3. The van der Waals surface area contributed by atoms with Crippen molar-refractivity contribution in [3.05, 3.63) is 28.7 Å². The second kappa shape index (κ2) is 5.92. The van der Waals surface area contributed by atoms with Crippen LogP contribution in [-0.2, 0) is 9.53 Å². The highest BCUT2D eigenvalue weighted by Gasteiger charge is 2.48. The van der Waals surface area contributed by atoms with Crippen LogP contribution in [0.1, 0.15) is 19.8 Å². The molecule has 0 amide bonds. The zero-order valence-electron chi connectivity index (χ0n) is 10.8. The van der Waals surface area contributed by atoms with Gasteiger partial charge in [0.1, 0.15) is 5.75 Å². The Labute approximate surface area is 120 Å². The fraction of sp³-hybridized carbons (Fsp3) is 0.500. The van der Waals surface area contributed by atoms with Gasteiger partial charge in [-0.2, -0.15) is 0 Å². The SMILES string of the molecule is CC1OCCC1(CCOc1ccc(Br)cc1)C(=O)O. The van der Waals surface area contributed by atoms with Gasteiger partial charge in [0.2, 0.25) is 0 Å². The predicted octanol–water partition coefficient (Wildman–Crippen LogP) is 3.10. The van der Waals surface area contributed by atoms with Gasteiger partial charge in [0.15, 0.2) is 0 Å². The quantitative estimate of drug-likeness (QED) is 0.902. The molecule has 5 heteroatoms. The summed E-state index contributed by atoms with van der Waals surface area (Å²) in [6.07, 6.45) is 0.741. The number of rotatable bonds is 5. The molecule has 104 valence electrons. The molecule has 1 N–H and O–H groups in total. The van der Waals surface area contributed by atoms with Gasteiger partial charge >= 0.3 is 5.97 Å². The molecule has 1 aromatic carbocycles. The summed E-state index contributed by atoms with van der Waals surface area (Å²) in [7, 11) is 0. The van der Waals surface area contributed by atoms with Crippen LogP contribution in [0.15, 0.2) is 28.7 Å². The minimum atomic E-state index is -0.810. The second-order valence-electron chi connectivity index (χ2n) is 4.78. The van der Waals surface area contributed by atoms with Crippen molar-refractivity contribution in [2.24, 2.45) is 5.41 Å². The Hall–Kier alpha value is -1.07. The molecule has 1 saturated heterocycles. The average Bonchev–Trinajstić information content (AvgIpc) is 2.75. The van der Waals surface area contributed by atoms with Gasteiger partial charge < -0.3 is 14.6 Å². The molecule has 1 aliphatic heterocycles. The smallest absolute Gasteiger partial charge is 0.312 e. The average molecular weight is 329 g/mol. The van der Waals surface area contributed by atoms with Crippen molar-refractivity contribution in [1.82, 2.24) is 0 Å². The van der Waals surface area contributed by atoms with Crippen molar-refractivity contribution in [1.29, 1.82) is 0 Å². The zero-order chi connectivity index (χ0) is 13.9. The normalized spacial score (nSPS) is 26.3. The minimum Gasteiger partial charge on any atom is -0.494 e. The third-order valence-electron chi connectivity index (χ3n) is 3.75. The van der Waals surface area contributed by atoms with E-state index < -0.39 is 11.4 Å². The van der Waals surface area contributed by atoms with Gasteiger partial charge in [0.05, 0.1) is 18.1 Å². The fourth-order valence-electron chi connectivity index (χ4n) is 2.38. The summed E-state index contributed by atoms with van der Waals surface area (Å²) in [5.41, 5.74) is -0.810. The van der Waals surface area contributed by atoms with Crippen molar-refractivity contribution in [3.63, 3.8) is 0 Å². The Bertz CT molecular complexity index is 445. The molecule has 1 aliphatic rings. The van der Waals surface area contributed by atoms with E-state index in [1.54, 1.807) is 0 Å². The van der Waals surface area contributed by atoms with Crippen molar-refractivity contribution in [3.8, 4) is 5.75 Å². The standard InChI is InChI=1S/C14H17BrO4/c1-10-14(13(16)17,6-8-18-10)7-9-19-12-4-2-11(15)3-5-12/h2-5,10H,6-9H2,1H3,(H,16,17). The van der Waals surface area contributed by atoms with Crippen LogP contribution in [0.4, 0.5) is 0 Å². The molecule has 4 nitrogen and oxygen atoms in total. The third-order valence-corrected chi connectivity index (χ3v) is 4.28. The molecular weight excluding hydrogens is 312 g/mol. The summed E-state index contributed by atoms with van der Waals surface area (Å²) < 4.78 is 12.0. The first-order valence-electron chi connectivity index (χ1n) is 6.28. The van der Waals surface area contributed by atoms with Crippen molar-refractivity contribution < 1.29 is 19.4 Å². The summed E-state index contributed by atoms with van der Waals surface area (Å²) in [5.74, 6) is -0.0489. The molecule has 0 bridgehead atoms. The van der Waals surface area contributed by atoms with E-state index in [2.05, 4.69) is 15.9 Å². The lowest BCUT2D eigenvalue weighted by Crippen LogP contribution is -2.38. The molecule has 0 aromatic heterocycles. The molecule has 0 radical (unpaired) electrons. The minimum absolute atomic E-state index is 0.265. The number of ether oxygens (including phenoxy) is 2. The molecule has 1 heterocycles. The van der Waals surface area contributed by atoms with Gasteiger partial charge in [-0.1, -0.05) is 15.9 Å². The highest BCUT2D eigenvalue weighted by molar-refractivity contribution is 9.10. The summed E-state index contributed by atoms with van der Waals surface area (Å²) >= 11 is 3.35. The Kier molecular flexibility index (Phi) is 4.47. The Morgan fingerprint density at radius 1 is 1.53 bits per heavy atom. The highest BCUT2D eigenvalue weighted by atomic mass is 79.9. The van der Waals surface area contributed by atoms with Crippen LogP contribution in [0.2, 0.25) is 0 Å². The van der Waals surface area contributed by atoms with Crippen LogP contribution in [-0.4, -0.2) is 30.4 Å². The molecule has 1 aromatic rings. The molecule has 1 fully saturated rings. The maximum absolute atomic E-state index is 11.5. The van der Waals surface area contributed by atoms with E-state index in [9.17, 15) is 9.90 Å². The third kappa shape index (κ3) is 3.09. The molecule has 0 spiro atoms. The van der Waals surface area contributed by atoms with Crippen LogP contribution in [0.3, 0.4) is 0 Å². The number of carbonyl (C=O) groups is 1. The van der Waals surface area contributed by atoms with E-state index in [0.717, 1.165) is 10.2 Å². The Morgan fingerprint density at radius 3 is 2.74 bits per heavy atom. The number of carboxylic acid groups (broad SMARTS) is 1. The van der Waals surface area contributed by atoms with Crippen molar-refractivity contribution >= 4 is 21.9 Å². The fourth-order valence-corrected chi connectivity index (χ4v) is 2.64. The Morgan fingerprint density at radius 2 is 2.21 bits per heavy atom. The monoisotopic (exact) mass is 328 g/mol. The molecule has 2 unspecified atom stereocenters. The first kappa shape index (κ1) is 14.3. The van der Waals surface area contributed by atoms with E-state index in [4.69, 9.17) is 9.47 Å². The Balaban J connectivity index is 1.93. The first-order valence-corrected chi connectivity index (χ1v) is 7.07. The van der Waals surface area contributed by atoms with Crippen LogP contribution < -0.4 is 4.74 Å². The molecule has 0 saturated carbocycles. The molecular formula is C14H17BrO4. The van der Waals surface area contributed by atoms with E-state index in [1.807, 2.05) is 31.2 Å². The number of halogens is 1. The van der Waals surface area contributed by atoms with Crippen molar-refractivity contribution in [2.45, 2.75) is 25.9 Å². The lowest BCUT2D eigenvalue weighted by molar-refractivity contribution is -0.153. The van der Waals surface area contributed by atoms with Crippen LogP contribution in [0.5, 0.6) is 5.75 Å². The number of carboxylic acids is 1. The highest BCUT2D eigenvalue weighted by Crippen LogP contribution is 2.38. The lowest BCUT2D eigenvalue weighted by Gasteiger charge is -2.27. The molecule has 0 aliphatic carbocycles. The van der Waals surface area contributed by atoms with Crippen LogP contribution in [0, 0.1) is 5.41 Å². The van der Waals surface area contributed by atoms with E-state index in [-0.39, 0.29) is 6.10 Å². The largest absolute Gasteiger partial charge is 0.494 e. The predicted molar refractivity (Wildman–Crippen MR) is 74.4 cm³/mol. The van der Waals surface area contributed by atoms with Gasteiger partial charge in [-0.15, -0.1) is 0 Å². The van der Waals surface area contributed by atoms with Crippen molar-refractivity contribution in [2.75, 3.05) is 13.2 Å². The van der Waals surface area contributed by atoms with Crippen LogP contribution >= 0.6 is 15.9 Å². The van der Waals surface area contributed by atoms with Gasteiger partial charge in [0, 0.05) is 17.5 Å². The van der Waals surface area contributed by atoms with Gasteiger partial charge in [-0.3, -0.25) is 4.79 Å². The zero-order valence-corrected chi connectivity index (χ0v) is 12.4. The van der Waals surface area contributed by atoms with E-state index in [0.29, 0.717) is 26.1 Å². The van der Waals surface area contributed by atoms with E-state index in [1.165, 1.54) is 0 Å². The summed E-state index contributed by atoms with van der Waals surface area (Å²) in [6, 6.07) is 7.49. The summed E-state index contributed by atoms with van der Waals surface area (Å²) in [4.78, 5) is 11.5. The van der Waals surface area contributed by atoms with Gasteiger partial charge in [0.25, 0.3) is 0 Å². The summed E-state index contributed by atoms with van der Waals surface area (Å²) in [6.45, 7) is 2.70.